The summed E-state index contributed by atoms with van der Waals surface area (Å²) in [5.41, 5.74) is 1.87. The van der Waals surface area contributed by atoms with E-state index in [2.05, 4.69) is 16.8 Å². The van der Waals surface area contributed by atoms with Crippen LogP contribution in [-0.4, -0.2) is 23.9 Å². The topological polar surface area (TPSA) is 32.3 Å². The second kappa shape index (κ2) is 6.26. The van der Waals surface area contributed by atoms with Crippen molar-refractivity contribution in [3.8, 4) is 0 Å². The van der Waals surface area contributed by atoms with E-state index in [1.807, 2.05) is 4.90 Å². The highest BCUT2D eigenvalue weighted by atomic mass is 35.5. The van der Waals surface area contributed by atoms with Crippen LogP contribution < -0.4 is 5.32 Å². The smallest absolute Gasteiger partial charge is 0.242 e. The minimum absolute atomic E-state index is 0.0582. The third-order valence-corrected chi connectivity index (χ3v) is 5.19. The lowest BCUT2D eigenvalue weighted by Crippen LogP contribution is -2.38. The third-order valence-electron chi connectivity index (χ3n) is 3.54. The van der Waals surface area contributed by atoms with Gasteiger partial charge in [0.25, 0.3) is 0 Å². The van der Waals surface area contributed by atoms with Crippen molar-refractivity contribution in [1.29, 1.82) is 0 Å². The van der Waals surface area contributed by atoms with Gasteiger partial charge in [-0.05, 0) is 35.6 Å². The van der Waals surface area contributed by atoms with Crippen LogP contribution in [0.1, 0.15) is 10.4 Å². The number of halogens is 2. The van der Waals surface area contributed by atoms with E-state index in [4.69, 9.17) is 23.2 Å². The first kappa shape index (κ1) is 14.7. The van der Waals surface area contributed by atoms with Gasteiger partial charge in [0.05, 0.1) is 22.3 Å². The predicted molar refractivity (Wildman–Crippen MR) is 88.4 cm³/mol. The number of thiophene rings is 1. The fraction of sp³-hybridized carbons (Fsp3) is 0.267. The summed E-state index contributed by atoms with van der Waals surface area (Å²) in [4.78, 5) is 15.6. The zero-order valence-electron chi connectivity index (χ0n) is 11.2. The van der Waals surface area contributed by atoms with E-state index in [9.17, 15) is 4.79 Å². The number of nitrogens with zero attached hydrogens (tertiary/aromatic N) is 1. The molecule has 21 heavy (non-hydrogen) atoms. The highest BCUT2D eigenvalue weighted by molar-refractivity contribution is 7.10. The fourth-order valence-corrected chi connectivity index (χ4v) is 3.82. The van der Waals surface area contributed by atoms with Crippen molar-refractivity contribution in [2.24, 2.45) is 0 Å². The zero-order valence-corrected chi connectivity index (χ0v) is 13.6. The van der Waals surface area contributed by atoms with Crippen molar-refractivity contribution < 1.29 is 4.79 Å². The number of fused-ring (bicyclic) bond motifs is 1. The molecule has 0 spiro atoms. The van der Waals surface area contributed by atoms with E-state index >= 15 is 0 Å². The Morgan fingerprint density at radius 2 is 2.05 bits per heavy atom. The molecule has 0 saturated carbocycles. The summed E-state index contributed by atoms with van der Waals surface area (Å²) >= 11 is 13.9. The number of rotatable bonds is 3. The van der Waals surface area contributed by atoms with Crippen molar-refractivity contribution in [3.05, 3.63) is 50.1 Å². The Balaban J connectivity index is 1.63. The van der Waals surface area contributed by atoms with Crippen LogP contribution in [0.2, 0.25) is 10.0 Å². The molecule has 3 rings (SSSR count). The van der Waals surface area contributed by atoms with E-state index in [-0.39, 0.29) is 12.5 Å². The van der Waals surface area contributed by atoms with E-state index in [1.54, 1.807) is 29.5 Å². The van der Waals surface area contributed by atoms with E-state index in [0.29, 0.717) is 22.3 Å². The van der Waals surface area contributed by atoms with E-state index < -0.39 is 0 Å². The lowest BCUT2D eigenvalue weighted by atomic mass is 10.1. The Hall–Kier alpha value is -1.23. The average Bonchev–Trinajstić information content (AvgIpc) is 2.93. The van der Waals surface area contributed by atoms with Crippen LogP contribution in [0.3, 0.4) is 0 Å². The molecule has 3 nitrogen and oxygen atoms in total. The molecular weight excluding hydrogens is 327 g/mol. The second-order valence-corrected chi connectivity index (χ2v) is 6.70. The monoisotopic (exact) mass is 340 g/mol. The maximum absolute atomic E-state index is 12.3. The summed E-state index contributed by atoms with van der Waals surface area (Å²) in [6.45, 7) is 1.66. The van der Waals surface area contributed by atoms with E-state index in [0.717, 1.165) is 13.0 Å². The third kappa shape index (κ3) is 3.18. The summed E-state index contributed by atoms with van der Waals surface area (Å²) in [5.74, 6) is 0.0582. The maximum atomic E-state index is 12.3. The average molecular weight is 341 g/mol. The molecule has 1 aromatic carbocycles. The Bertz CT molecular complexity index is 651. The molecule has 1 aliphatic heterocycles. The molecular formula is C15H14Cl2N2OS. The SMILES string of the molecule is O=C(CNc1c(Cl)cccc1Cl)N1CCc2sccc2C1. The zero-order chi connectivity index (χ0) is 14.8. The van der Waals surface area contributed by atoms with Gasteiger partial charge in [-0.25, -0.2) is 0 Å². The van der Waals surface area contributed by atoms with Gasteiger partial charge in [0.1, 0.15) is 0 Å². The van der Waals surface area contributed by atoms with Gasteiger partial charge in [-0.15, -0.1) is 11.3 Å². The number of hydrogen-bond acceptors (Lipinski definition) is 3. The number of amides is 1. The van der Waals surface area contributed by atoms with Crippen LogP contribution in [0, 0.1) is 0 Å². The van der Waals surface area contributed by atoms with Crippen molar-refractivity contribution in [2.75, 3.05) is 18.4 Å². The van der Waals surface area contributed by atoms with Crippen molar-refractivity contribution in [2.45, 2.75) is 13.0 Å². The van der Waals surface area contributed by atoms with Crippen LogP contribution >= 0.6 is 34.5 Å². The van der Waals surface area contributed by atoms with Crippen LogP contribution in [0.4, 0.5) is 5.69 Å². The Labute approximate surface area is 137 Å². The van der Waals surface area contributed by atoms with Crippen molar-refractivity contribution in [1.82, 2.24) is 4.90 Å². The molecule has 6 heteroatoms. The molecule has 1 amide bonds. The highest BCUT2D eigenvalue weighted by Crippen LogP contribution is 2.30. The highest BCUT2D eigenvalue weighted by Gasteiger charge is 2.21. The molecule has 0 aliphatic carbocycles. The summed E-state index contributed by atoms with van der Waals surface area (Å²) in [6, 6.07) is 7.37. The Kier molecular flexibility index (Phi) is 4.38. The van der Waals surface area contributed by atoms with Gasteiger partial charge in [0, 0.05) is 18.0 Å². The van der Waals surface area contributed by atoms with Crippen molar-refractivity contribution in [3.63, 3.8) is 0 Å². The summed E-state index contributed by atoms with van der Waals surface area (Å²) < 4.78 is 0. The largest absolute Gasteiger partial charge is 0.374 e. The lowest BCUT2D eigenvalue weighted by molar-refractivity contribution is -0.130. The van der Waals surface area contributed by atoms with Gasteiger partial charge in [0.15, 0.2) is 0 Å². The number of benzene rings is 1. The van der Waals surface area contributed by atoms with Crippen LogP contribution in [0.15, 0.2) is 29.6 Å². The fourth-order valence-electron chi connectivity index (χ4n) is 2.40. The second-order valence-electron chi connectivity index (χ2n) is 4.88. The molecule has 1 aliphatic rings. The first-order valence-corrected chi connectivity index (χ1v) is 8.29. The molecule has 0 unspecified atom stereocenters. The summed E-state index contributed by atoms with van der Waals surface area (Å²) in [5, 5.41) is 6.17. The quantitative estimate of drug-likeness (QED) is 0.913. The van der Waals surface area contributed by atoms with Gasteiger partial charge >= 0.3 is 0 Å². The van der Waals surface area contributed by atoms with E-state index in [1.165, 1.54) is 10.4 Å². The molecule has 1 N–H and O–H groups in total. The Morgan fingerprint density at radius 1 is 1.29 bits per heavy atom. The molecule has 0 saturated heterocycles. The van der Waals surface area contributed by atoms with Gasteiger partial charge in [-0.1, -0.05) is 29.3 Å². The van der Waals surface area contributed by atoms with Crippen molar-refractivity contribution >= 4 is 46.1 Å². The number of hydrogen-bond donors (Lipinski definition) is 1. The number of carbonyl (C=O) groups excluding carboxylic acids is 1. The molecule has 2 aromatic rings. The minimum Gasteiger partial charge on any atom is -0.374 e. The standard InChI is InChI=1S/C15H14Cl2N2OS/c16-11-2-1-3-12(17)15(11)18-8-14(20)19-6-4-13-10(9-19)5-7-21-13/h1-3,5,7,18H,4,6,8-9H2. The van der Waals surface area contributed by atoms with Crippen LogP contribution in [0.5, 0.6) is 0 Å². The molecule has 110 valence electrons. The molecule has 0 radical (unpaired) electrons. The molecule has 1 aromatic heterocycles. The minimum atomic E-state index is 0.0582. The summed E-state index contributed by atoms with van der Waals surface area (Å²) in [6.07, 6.45) is 0.936. The summed E-state index contributed by atoms with van der Waals surface area (Å²) in [7, 11) is 0. The van der Waals surface area contributed by atoms with Gasteiger partial charge in [-0.3, -0.25) is 4.79 Å². The van der Waals surface area contributed by atoms with Crippen LogP contribution in [0.25, 0.3) is 0 Å². The van der Waals surface area contributed by atoms with Crippen LogP contribution in [-0.2, 0) is 17.8 Å². The number of carbonyl (C=O) groups is 1. The Morgan fingerprint density at radius 3 is 2.81 bits per heavy atom. The predicted octanol–water partition coefficient (Wildman–Crippen LogP) is 4.05. The first-order chi connectivity index (χ1) is 10.1. The molecule has 2 heterocycles. The number of para-hydroxylation sites is 1. The normalized spacial score (nSPS) is 13.9. The molecule has 0 atom stereocenters. The van der Waals surface area contributed by atoms with Gasteiger partial charge in [0.2, 0.25) is 5.91 Å². The first-order valence-electron chi connectivity index (χ1n) is 6.66. The number of nitrogens with one attached hydrogen (secondary N) is 1. The molecule has 0 bridgehead atoms. The molecule has 0 fully saturated rings. The van der Waals surface area contributed by atoms with Gasteiger partial charge < -0.3 is 10.2 Å². The maximum Gasteiger partial charge on any atom is 0.242 e. The lowest BCUT2D eigenvalue weighted by Gasteiger charge is -2.27. The number of anilines is 1. The van der Waals surface area contributed by atoms with Gasteiger partial charge in [-0.2, -0.15) is 0 Å².